The van der Waals surface area contributed by atoms with E-state index >= 15 is 0 Å². The van der Waals surface area contributed by atoms with Crippen LogP contribution in [0.25, 0.3) is 0 Å². The molecule has 2 unspecified atom stereocenters. The Balaban J connectivity index is 1.60. The normalized spacial score (nSPS) is 27.4. The highest BCUT2D eigenvalue weighted by Crippen LogP contribution is 2.23. The summed E-state index contributed by atoms with van der Waals surface area (Å²) >= 11 is 0. The van der Waals surface area contributed by atoms with Gasteiger partial charge in [-0.15, -0.1) is 0 Å². The average molecular weight is 278 g/mol. The number of likely N-dealkylation sites (N-methyl/N-ethyl adjacent to an activating group) is 1. The van der Waals surface area contributed by atoms with Crippen molar-refractivity contribution in [3.63, 3.8) is 0 Å². The van der Waals surface area contributed by atoms with Crippen molar-refractivity contribution >= 4 is 5.91 Å². The standard InChI is InChI=1S/C14H22N4O2/c1-16-5-2-13-12(10-16)18(8-9-20-13)14(19)3-6-17-7-4-15-11-17/h4,7,11-13H,2-3,5-6,8-10H2,1H3. The van der Waals surface area contributed by atoms with Crippen molar-refractivity contribution in [1.29, 1.82) is 0 Å². The molecule has 3 rings (SSSR count). The van der Waals surface area contributed by atoms with Gasteiger partial charge in [0.05, 0.1) is 25.1 Å². The highest BCUT2D eigenvalue weighted by atomic mass is 16.5. The van der Waals surface area contributed by atoms with E-state index in [0.29, 0.717) is 19.6 Å². The maximum Gasteiger partial charge on any atom is 0.224 e. The summed E-state index contributed by atoms with van der Waals surface area (Å²) < 4.78 is 7.77. The summed E-state index contributed by atoms with van der Waals surface area (Å²) in [5.41, 5.74) is 0. The number of nitrogens with zero attached hydrogens (tertiary/aromatic N) is 4. The molecule has 2 fully saturated rings. The van der Waals surface area contributed by atoms with E-state index in [1.807, 2.05) is 15.7 Å². The first kappa shape index (κ1) is 13.6. The molecule has 6 nitrogen and oxygen atoms in total. The molecule has 2 aliphatic heterocycles. The van der Waals surface area contributed by atoms with Gasteiger partial charge in [-0.2, -0.15) is 0 Å². The Morgan fingerprint density at radius 2 is 2.35 bits per heavy atom. The molecular formula is C14H22N4O2. The summed E-state index contributed by atoms with van der Waals surface area (Å²) in [6.45, 7) is 4.06. The van der Waals surface area contributed by atoms with Gasteiger partial charge in [0.15, 0.2) is 0 Å². The molecule has 0 N–H and O–H groups in total. The highest BCUT2D eigenvalue weighted by Gasteiger charge is 2.37. The Bertz CT molecular complexity index is 448. The van der Waals surface area contributed by atoms with Gasteiger partial charge in [-0.25, -0.2) is 4.98 Å². The number of hydrogen-bond donors (Lipinski definition) is 0. The number of likely N-dealkylation sites (tertiary alicyclic amines) is 1. The first-order valence-electron chi connectivity index (χ1n) is 7.29. The fourth-order valence-corrected chi connectivity index (χ4v) is 3.13. The zero-order valence-corrected chi connectivity index (χ0v) is 11.9. The van der Waals surface area contributed by atoms with Crippen molar-refractivity contribution in [3.05, 3.63) is 18.7 Å². The second kappa shape index (κ2) is 5.93. The molecule has 3 heterocycles. The maximum atomic E-state index is 12.5. The molecule has 110 valence electrons. The third-order valence-corrected chi connectivity index (χ3v) is 4.25. The van der Waals surface area contributed by atoms with Gasteiger partial charge in [-0.1, -0.05) is 0 Å². The molecule has 2 atom stereocenters. The molecule has 2 saturated heterocycles. The summed E-state index contributed by atoms with van der Waals surface area (Å²) in [5, 5.41) is 0. The fourth-order valence-electron chi connectivity index (χ4n) is 3.13. The van der Waals surface area contributed by atoms with E-state index in [0.717, 1.165) is 26.1 Å². The number of morpholine rings is 1. The zero-order valence-electron chi connectivity index (χ0n) is 11.9. The summed E-state index contributed by atoms with van der Waals surface area (Å²) in [6.07, 6.45) is 7.16. The number of fused-ring (bicyclic) bond motifs is 1. The molecule has 1 aromatic rings. The van der Waals surface area contributed by atoms with Crippen LogP contribution >= 0.6 is 0 Å². The van der Waals surface area contributed by atoms with Gasteiger partial charge in [0.25, 0.3) is 0 Å². The molecule has 0 saturated carbocycles. The van der Waals surface area contributed by atoms with Gasteiger partial charge in [-0.3, -0.25) is 4.79 Å². The van der Waals surface area contributed by atoms with E-state index in [1.165, 1.54) is 0 Å². The van der Waals surface area contributed by atoms with Crippen LogP contribution in [0.3, 0.4) is 0 Å². The largest absolute Gasteiger partial charge is 0.374 e. The van der Waals surface area contributed by atoms with Crippen molar-refractivity contribution < 1.29 is 9.53 Å². The van der Waals surface area contributed by atoms with Gasteiger partial charge < -0.3 is 19.1 Å². The van der Waals surface area contributed by atoms with Crippen molar-refractivity contribution in [2.45, 2.75) is 31.5 Å². The Morgan fingerprint density at radius 1 is 1.45 bits per heavy atom. The molecule has 0 aliphatic carbocycles. The Kier molecular flexibility index (Phi) is 4.03. The predicted molar refractivity (Wildman–Crippen MR) is 74.2 cm³/mol. The minimum Gasteiger partial charge on any atom is -0.374 e. The van der Waals surface area contributed by atoms with Crippen LogP contribution in [0, 0.1) is 0 Å². The summed E-state index contributed by atoms with van der Waals surface area (Å²) in [4.78, 5) is 20.8. The summed E-state index contributed by atoms with van der Waals surface area (Å²) in [5.74, 6) is 0.229. The smallest absolute Gasteiger partial charge is 0.224 e. The number of aryl methyl sites for hydroxylation is 1. The molecule has 0 radical (unpaired) electrons. The third kappa shape index (κ3) is 2.86. The van der Waals surface area contributed by atoms with Crippen molar-refractivity contribution in [1.82, 2.24) is 19.4 Å². The highest BCUT2D eigenvalue weighted by molar-refractivity contribution is 5.76. The topological polar surface area (TPSA) is 50.6 Å². The van der Waals surface area contributed by atoms with E-state index in [-0.39, 0.29) is 18.1 Å². The van der Waals surface area contributed by atoms with Crippen LogP contribution in [0.4, 0.5) is 0 Å². The van der Waals surface area contributed by atoms with Crippen LogP contribution in [0.5, 0.6) is 0 Å². The van der Waals surface area contributed by atoms with Gasteiger partial charge >= 0.3 is 0 Å². The molecule has 20 heavy (non-hydrogen) atoms. The minimum absolute atomic E-state index is 0.220. The first-order chi connectivity index (χ1) is 9.74. The minimum atomic E-state index is 0.220. The quantitative estimate of drug-likeness (QED) is 0.793. The van der Waals surface area contributed by atoms with E-state index in [4.69, 9.17) is 4.74 Å². The lowest BCUT2D eigenvalue weighted by Crippen LogP contribution is -2.60. The monoisotopic (exact) mass is 278 g/mol. The van der Waals surface area contributed by atoms with Gasteiger partial charge in [0, 0.05) is 45.0 Å². The molecule has 0 bridgehead atoms. The van der Waals surface area contributed by atoms with Crippen LogP contribution < -0.4 is 0 Å². The molecule has 0 aromatic carbocycles. The molecule has 6 heteroatoms. The van der Waals surface area contributed by atoms with Crippen molar-refractivity contribution in [2.24, 2.45) is 0 Å². The molecule has 2 aliphatic rings. The van der Waals surface area contributed by atoms with E-state index in [2.05, 4.69) is 16.9 Å². The van der Waals surface area contributed by atoms with Gasteiger partial charge in [0.2, 0.25) is 5.91 Å². The zero-order chi connectivity index (χ0) is 13.9. The maximum absolute atomic E-state index is 12.5. The molecular weight excluding hydrogens is 256 g/mol. The number of aromatic nitrogens is 2. The molecule has 1 aromatic heterocycles. The molecule has 0 spiro atoms. The average Bonchev–Trinajstić information content (AvgIpc) is 2.97. The van der Waals surface area contributed by atoms with Crippen molar-refractivity contribution in [2.75, 3.05) is 33.3 Å². The number of ether oxygens (including phenoxy) is 1. The molecule has 1 amide bonds. The number of rotatable bonds is 3. The van der Waals surface area contributed by atoms with Crippen molar-refractivity contribution in [3.8, 4) is 0 Å². The lowest BCUT2D eigenvalue weighted by atomic mass is 9.99. The Labute approximate surface area is 119 Å². The van der Waals surface area contributed by atoms with Crippen LogP contribution in [0.15, 0.2) is 18.7 Å². The lowest BCUT2D eigenvalue weighted by molar-refractivity contribution is -0.152. The number of carbonyl (C=O) groups excluding carboxylic acids is 1. The predicted octanol–water partition coefficient (Wildman–Crippen LogP) is 0.205. The lowest BCUT2D eigenvalue weighted by Gasteiger charge is -2.46. The van der Waals surface area contributed by atoms with Crippen LogP contribution in [0.1, 0.15) is 12.8 Å². The fraction of sp³-hybridized carbons (Fsp3) is 0.714. The Morgan fingerprint density at radius 3 is 3.15 bits per heavy atom. The summed E-state index contributed by atoms with van der Waals surface area (Å²) in [7, 11) is 2.11. The number of hydrogen-bond acceptors (Lipinski definition) is 4. The van der Waals surface area contributed by atoms with E-state index < -0.39 is 0 Å². The van der Waals surface area contributed by atoms with Gasteiger partial charge in [-0.05, 0) is 13.5 Å². The Hall–Kier alpha value is -1.40. The number of imidazole rings is 1. The summed E-state index contributed by atoms with van der Waals surface area (Å²) in [6, 6.07) is 0.220. The number of amides is 1. The van der Waals surface area contributed by atoms with E-state index in [1.54, 1.807) is 12.5 Å². The van der Waals surface area contributed by atoms with Crippen LogP contribution in [-0.2, 0) is 16.1 Å². The third-order valence-electron chi connectivity index (χ3n) is 4.25. The van der Waals surface area contributed by atoms with E-state index in [9.17, 15) is 4.79 Å². The van der Waals surface area contributed by atoms with Gasteiger partial charge in [0.1, 0.15) is 0 Å². The van der Waals surface area contributed by atoms with Crippen LogP contribution in [-0.4, -0.2) is 70.7 Å². The second-order valence-electron chi connectivity index (χ2n) is 5.67. The first-order valence-corrected chi connectivity index (χ1v) is 7.29. The number of piperidine rings is 1. The second-order valence-corrected chi connectivity index (χ2v) is 5.67. The number of carbonyl (C=O) groups is 1. The SMILES string of the molecule is CN1CCC2OCCN(C(=O)CCn3ccnc3)C2C1. The van der Waals surface area contributed by atoms with Crippen LogP contribution in [0.2, 0.25) is 0 Å².